The summed E-state index contributed by atoms with van der Waals surface area (Å²) in [7, 11) is 0. The van der Waals surface area contributed by atoms with Gasteiger partial charge in [0.2, 0.25) is 23.6 Å². The molecule has 4 amide bonds. The topological polar surface area (TPSA) is 194 Å². The maximum Gasteiger partial charge on any atom is 0.326 e. The maximum absolute atomic E-state index is 12.6. The van der Waals surface area contributed by atoms with Crippen LogP contribution in [0.3, 0.4) is 0 Å². The highest BCUT2D eigenvalue weighted by Gasteiger charge is 2.30. The first-order valence-electron chi connectivity index (χ1n) is 10.0. The molecule has 0 aliphatic carbocycles. The molecule has 0 aromatic carbocycles. The van der Waals surface area contributed by atoms with Gasteiger partial charge in [-0.3, -0.25) is 19.2 Å². The van der Waals surface area contributed by atoms with E-state index < -0.39 is 47.7 Å². The molecule has 11 nitrogen and oxygen atoms in total. The van der Waals surface area contributed by atoms with Crippen LogP contribution in [0.5, 0.6) is 0 Å². The quantitative estimate of drug-likeness (QED) is 0.200. The van der Waals surface area contributed by atoms with Gasteiger partial charge in [-0.1, -0.05) is 34.1 Å². The van der Waals surface area contributed by atoms with Crippen LogP contribution in [0.4, 0.5) is 0 Å². The van der Waals surface area contributed by atoms with Crippen molar-refractivity contribution >= 4 is 29.6 Å². The molecule has 30 heavy (non-hydrogen) atoms. The van der Waals surface area contributed by atoms with E-state index in [1.807, 2.05) is 20.8 Å². The zero-order valence-corrected chi connectivity index (χ0v) is 18.1. The van der Waals surface area contributed by atoms with Crippen LogP contribution in [-0.4, -0.2) is 59.4 Å². The van der Waals surface area contributed by atoms with E-state index in [1.54, 1.807) is 6.92 Å². The highest BCUT2D eigenvalue weighted by atomic mass is 16.4. The van der Waals surface area contributed by atoms with Crippen LogP contribution in [0.25, 0.3) is 0 Å². The van der Waals surface area contributed by atoms with Crippen molar-refractivity contribution in [2.75, 3.05) is 6.54 Å². The normalized spacial score (nSPS) is 14.9. The molecule has 0 saturated heterocycles. The minimum atomic E-state index is -1.32. The smallest absolute Gasteiger partial charge is 0.326 e. The Hall–Kier alpha value is -2.69. The Labute approximate surface area is 176 Å². The molecule has 0 radical (unpaired) electrons. The number of carbonyl (C=O) groups excluding carboxylic acids is 4. The lowest BCUT2D eigenvalue weighted by Crippen LogP contribution is -2.56. The Bertz CT molecular complexity index is 625. The molecule has 0 aliphatic heterocycles. The lowest BCUT2D eigenvalue weighted by Gasteiger charge is -2.25. The number of rotatable bonds is 14. The van der Waals surface area contributed by atoms with Gasteiger partial charge in [-0.25, -0.2) is 4.79 Å². The Kier molecular flexibility index (Phi) is 12.3. The molecule has 0 spiro atoms. The third kappa shape index (κ3) is 10.7. The first-order chi connectivity index (χ1) is 13.9. The molecule has 11 heteroatoms. The number of carbonyl (C=O) groups is 5. The Morgan fingerprint density at radius 2 is 1.60 bits per heavy atom. The fourth-order valence-corrected chi connectivity index (χ4v) is 2.65. The van der Waals surface area contributed by atoms with Gasteiger partial charge in [0, 0.05) is 6.42 Å². The van der Waals surface area contributed by atoms with Gasteiger partial charge in [-0.2, -0.15) is 0 Å². The van der Waals surface area contributed by atoms with Gasteiger partial charge in [0.05, 0.1) is 12.6 Å². The van der Waals surface area contributed by atoms with Crippen molar-refractivity contribution in [2.45, 2.75) is 71.5 Å². The molecule has 0 heterocycles. The highest BCUT2D eigenvalue weighted by molar-refractivity contribution is 5.92. The summed E-state index contributed by atoms with van der Waals surface area (Å²) in [5, 5.41) is 16.5. The Morgan fingerprint density at radius 1 is 1.00 bits per heavy atom. The van der Waals surface area contributed by atoms with Crippen molar-refractivity contribution in [3.05, 3.63) is 0 Å². The molecule has 0 fully saturated rings. The van der Waals surface area contributed by atoms with Crippen molar-refractivity contribution in [3.63, 3.8) is 0 Å². The zero-order valence-electron chi connectivity index (χ0n) is 18.1. The minimum Gasteiger partial charge on any atom is -0.480 e. The van der Waals surface area contributed by atoms with Gasteiger partial charge in [-0.05, 0) is 24.7 Å². The molecule has 0 saturated carbocycles. The summed E-state index contributed by atoms with van der Waals surface area (Å²) in [5.41, 5.74) is 10.8. The number of carboxylic acid groups (broad SMARTS) is 1. The van der Waals surface area contributed by atoms with Crippen molar-refractivity contribution < 1.29 is 29.1 Å². The second kappa shape index (κ2) is 13.5. The van der Waals surface area contributed by atoms with E-state index in [4.69, 9.17) is 11.5 Å². The molecule has 4 unspecified atom stereocenters. The van der Waals surface area contributed by atoms with Gasteiger partial charge < -0.3 is 32.5 Å². The monoisotopic (exact) mass is 429 g/mol. The largest absolute Gasteiger partial charge is 0.480 e. The second-order valence-corrected chi connectivity index (χ2v) is 7.79. The molecule has 0 aromatic rings. The zero-order chi connectivity index (χ0) is 23.4. The maximum atomic E-state index is 12.6. The predicted octanol–water partition coefficient (Wildman–Crippen LogP) is -1.16. The lowest BCUT2D eigenvalue weighted by atomic mass is 9.97. The van der Waals surface area contributed by atoms with Crippen LogP contribution in [0.15, 0.2) is 0 Å². The Balaban J connectivity index is 4.96. The minimum absolute atomic E-state index is 0.165. The van der Waals surface area contributed by atoms with Gasteiger partial charge in [0.1, 0.15) is 12.1 Å². The molecule has 4 atom stereocenters. The van der Waals surface area contributed by atoms with E-state index in [9.17, 15) is 29.1 Å². The molecule has 8 N–H and O–H groups in total. The average molecular weight is 430 g/mol. The SMILES string of the molecule is CCC(C)C(NC(=O)CNC(=O)C(N)CC(C)C)C(=O)NC(CCC(N)=O)C(=O)O. The average Bonchev–Trinajstić information content (AvgIpc) is 2.65. The summed E-state index contributed by atoms with van der Waals surface area (Å²) in [6.07, 6.45) is 0.623. The van der Waals surface area contributed by atoms with Gasteiger partial charge in [0.15, 0.2) is 0 Å². The number of carboxylic acids is 1. The highest BCUT2D eigenvalue weighted by Crippen LogP contribution is 2.09. The number of nitrogens with two attached hydrogens (primary N) is 2. The van der Waals surface area contributed by atoms with Crippen molar-refractivity contribution in [1.82, 2.24) is 16.0 Å². The molecule has 0 bridgehead atoms. The van der Waals surface area contributed by atoms with E-state index in [0.29, 0.717) is 12.8 Å². The number of nitrogens with one attached hydrogen (secondary N) is 3. The van der Waals surface area contributed by atoms with Crippen molar-refractivity contribution in [1.29, 1.82) is 0 Å². The molecular formula is C19H35N5O6. The first-order valence-corrected chi connectivity index (χ1v) is 10.0. The van der Waals surface area contributed by atoms with E-state index in [1.165, 1.54) is 0 Å². The molecular weight excluding hydrogens is 394 g/mol. The summed E-state index contributed by atoms with van der Waals surface area (Å²) < 4.78 is 0. The third-order valence-electron chi connectivity index (χ3n) is 4.59. The third-order valence-corrected chi connectivity index (χ3v) is 4.59. The molecule has 172 valence electrons. The van der Waals surface area contributed by atoms with Gasteiger partial charge in [0.25, 0.3) is 0 Å². The van der Waals surface area contributed by atoms with Gasteiger partial charge >= 0.3 is 5.97 Å². The van der Waals surface area contributed by atoms with E-state index in [2.05, 4.69) is 16.0 Å². The first kappa shape index (κ1) is 27.3. The number of primary amides is 1. The summed E-state index contributed by atoms with van der Waals surface area (Å²) in [6, 6.07) is -3.07. The van der Waals surface area contributed by atoms with Crippen LogP contribution < -0.4 is 27.4 Å². The predicted molar refractivity (Wildman–Crippen MR) is 110 cm³/mol. The van der Waals surface area contributed by atoms with Crippen LogP contribution >= 0.6 is 0 Å². The van der Waals surface area contributed by atoms with E-state index in [-0.39, 0.29) is 31.2 Å². The van der Waals surface area contributed by atoms with E-state index in [0.717, 1.165) is 0 Å². The van der Waals surface area contributed by atoms with Crippen LogP contribution in [0, 0.1) is 11.8 Å². The molecule has 0 aromatic heterocycles. The summed E-state index contributed by atoms with van der Waals surface area (Å²) in [6.45, 7) is 7.01. The molecule has 0 aliphatic rings. The van der Waals surface area contributed by atoms with Crippen molar-refractivity contribution in [3.8, 4) is 0 Å². The summed E-state index contributed by atoms with van der Waals surface area (Å²) >= 11 is 0. The summed E-state index contributed by atoms with van der Waals surface area (Å²) in [4.78, 5) is 59.0. The lowest BCUT2D eigenvalue weighted by molar-refractivity contribution is -0.143. The van der Waals surface area contributed by atoms with Crippen LogP contribution in [0.1, 0.15) is 53.4 Å². The molecule has 0 rings (SSSR count). The second-order valence-electron chi connectivity index (χ2n) is 7.79. The number of hydrogen-bond acceptors (Lipinski definition) is 6. The Morgan fingerprint density at radius 3 is 2.07 bits per heavy atom. The number of hydrogen-bond donors (Lipinski definition) is 6. The fourth-order valence-electron chi connectivity index (χ4n) is 2.65. The van der Waals surface area contributed by atoms with E-state index >= 15 is 0 Å². The fraction of sp³-hybridized carbons (Fsp3) is 0.737. The van der Waals surface area contributed by atoms with Crippen molar-refractivity contribution in [2.24, 2.45) is 23.3 Å². The van der Waals surface area contributed by atoms with Crippen LogP contribution in [-0.2, 0) is 24.0 Å². The van der Waals surface area contributed by atoms with Crippen LogP contribution in [0.2, 0.25) is 0 Å². The number of aliphatic carboxylic acids is 1. The standard InChI is InChI=1S/C19H35N5O6/c1-5-11(4)16(18(28)23-13(19(29)30)6-7-14(21)25)24-15(26)9-22-17(27)12(20)8-10(2)3/h10-13,16H,5-9,20H2,1-4H3,(H2,21,25)(H,22,27)(H,23,28)(H,24,26)(H,29,30). The number of amides is 4. The summed E-state index contributed by atoms with van der Waals surface area (Å²) in [5.74, 6) is -3.87. The van der Waals surface area contributed by atoms with Gasteiger partial charge in [-0.15, -0.1) is 0 Å².